The summed E-state index contributed by atoms with van der Waals surface area (Å²) in [6.45, 7) is 8.69. The predicted molar refractivity (Wildman–Crippen MR) is 92.8 cm³/mol. The molecule has 0 aromatic carbocycles. The molecule has 3 rings (SSSR count). The first-order valence-corrected chi connectivity index (χ1v) is 8.77. The number of carbonyl (C=O) groups is 2. The molecule has 6 atom stereocenters. The molecular weight excluding hydrogens is 288 g/mol. The van der Waals surface area contributed by atoms with Gasteiger partial charge >= 0.3 is 0 Å². The summed E-state index contributed by atoms with van der Waals surface area (Å²) in [5.41, 5.74) is 0. The fourth-order valence-electron chi connectivity index (χ4n) is 5.45. The van der Waals surface area contributed by atoms with Crippen molar-refractivity contribution >= 4 is 12.2 Å². The largest absolute Gasteiger partial charge is 0.352 e. The number of nitrogens with one attached hydrogen (secondary N) is 2. The molecule has 0 aromatic heterocycles. The predicted octanol–water partition coefficient (Wildman–Crippen LogP) is 2.18. The first-order valence-electron chi connectivity index (χ1n) is 8.77. The normalized spacial score (nSPS) is 36.6. The molecule has 4 heteroatoms. The van der Waals surface area contributed by atoms with Gasteiger partial charge in [0.15, 0.2) is 0 Å². The minimum Gasteiger partial charge on any atom is -0.352 e. The number of fused-ring (bicyclic) bond motifs is 5. The van der Waals surface area contributed by atoms with Crippen LogP contribution in [0.25, 0.3) is 0 Å². The highest BCUT2D eigenvalue weighted by Gasteiger charge is 2.56. The summed E-state index contributed by atoms with van der Waals surface area (Å²) in [7, 11) is 2.08. The Kier molecular flexibility index (Phi) is 6.58. The molecule has 3 fully saturated rings. The van der Waals surface area contributed by atoms with Crippen molar-refractivity contribution in [3.8, 4) is 0 Å². The van der Waals surface area contributed by atoms with E-state index < -0.39 is 0 Å². The monoisotopic (exact) mass is 318 g/mol. The van der Waals surface area contributed by atoms with Gasteiger partial charge < -0.3 is 10.6 Å². The molecule has 2 bridgehead atoms. The Balaban J connectivity index is 0.000000433. The molecule has 0 saturated heterocycles. The Labute approximate surface area is 139 Å². The third-order valence-corrected chi connectivity index (χ3v) is 6.08. The minimum absolute atomic E-state index is 0.0150. The highest BCUT2D eigenvalue weighted by molar-refractivity contribution is 5.86. The van der Waals surface area contributed by atoms with E-state index in [2.05, 4.69) is 30.8 Å². The van der Waals surface area contributed by atoms with Crippen LogP contribution in [0.15, 0.2) is 25.3 Å². The molecule has 0 spiro atoms. The minimum atomic E-state index is -0.0150. The van der Waals surface area contributed by atoms with Gasteiger partial charge in [0.25, 0.3) is 0 Å². The maximum absolute atomic E-state index is 11.3. The summed E-state index contributed by atoms with van der Waals surface area (Å²) >= 11 is 0. The van der Waals surface area contributed by atoms with Crippen molar-refractivity contribution in [2.75, 3.05) is 20.1 Å². The van der Waals surface area contributed by atoms with Gasteiger partial charge in [-0.1, -0.05) is 13.2 Å². The molecule has 3 aliphatic carbocycles. The fourth-order valence-corrected chi connectivity index (χ4v) is 5.45. The van der Waals surface area contributed by atoms with Crippen LogP contribution in [-0.4, -0.2) is 32.3 Å². The maximum Gasteiger partial charge on any atom is 0.243 e. The Morgan fingerprint density at radius 2 is 1.87 bits per heavy atom. The fraction of sp³-hybridized carbons (Fsp3) is 0.684. The molecule has 0 heterocycles. The van der Waals surface area contributed by atoms with Crippen molar-refractivity contribution < 1.29 is 9.59 Å². The maximum atomic E-state index is 11.3. The molecule has 0 aromatic rings. The molecule has 0 aliphatic heterocycles. The number of aldehydes is 1. The van der Waals surface area contributed by atoms with E-state index in [-0.39, 0.29) is 5.91 Å². The standard InChI is InChI=1S/C16H26N2O.C3H4O/c1-3-15(19)18-9-12-6-11-7-14(12)13-5-4-10(8-17-2)16(11)13;1-2-3-4/h3,10-14,16-17H,1,4-9H2,2H3,(H,18,19);2-3H,1H2. The summed E-state index contributed by atoms with van der Waals surface area (Å²) < 4.78 is 0. The molecule has 128 valence electrons. The van der Waals surface area contributed by atoms with Crippen LogP contribution in [0.4, 0.5) is 0 Å². The van der Waals surface area contributed by atoms with Crippen LogP contribution in [0.5, 0.6) is 0 Å². The van der Waals surface area contributed by atoms with Crippen molar-refractivity contribution in [3.63, 3.8) is 0 Å². The number of hydrogen-bond acceptors (Lipinski definition) is 3. The lowest BCUT2D eigenvalue weighted by molar-refractivity contribution is -0.116. The Morgan fingerprint density at radius 3 is 2.48 bits per heavy atom. The van der Waals surface area contributed by atoms with Crippen molar-refractivity contribution in [3.05, 3.63) is 25.3 Å². The van der Waals surface area contributed by atoms with Crippen LogP contribution in [0.3, 0.4) is 0 Å². The average molecular weight is 318 g/mol. The summed E-state index contributed by atoms with van der Waals surface area (Å²) in [6.07, 6.45) is 8.81. The molecule has 1 amide bonds. The second kappa shape index (κ2) is 8.44. The Hall–Kier alpha value is -1.42. The topological polar surface area (TPSA) is 58.2 Å². The first-order chi connectivity index (χ1) is 11.2. The second-order valence-electron chi connectivity index (χ2n) is 7.11. The van der Waals surface area contributed by atoms with E-state index in [9.17, 15) is 4.79 Å². The zero-order chi connectivity index (χ0) is 16.8. The second-order valence-corrected chi connectivity index (χ2v) is 7.11. The Morgan fingerprint density at radius 1 is 1.13 bits per heavy atom. The van der Waals surface area contributed by atoms with Crippen LogP contribution < -0.4 is 10.6 Å². The van der Waals surface area contributed by atoms with E-state index in [1.165, 1.54) is 44.4 Å². The number of hydrogen-bond donors (Lipinski definition) is 2. The molecule has 6 unspecified atom stereocenters. The van der Waals surface area contributed by atoms with Gasteiger partial charge in [0.2, 0.25) is 5.91 Å². The smallest absolute Gasteiger partial charge is 0.243 e. The van der Waals surface area contributed by atoms with Crippen molar-refractivity contribution in [2.24, 2.45) is 35.5 Å². The van der Waals surface area contributed by atoms with Gasteiger partial charge in [-0.2, -0.15) is 0 Å². The molecule has 2 N–H and O–H groups in total. The average Bonchev–Trinajstić information content (AvgIpc) is 3.25. The number of allylic oxidation sites excluding steroid dienone is 1. The van der Waals surface area contributed by atoms with E-state index >= 15 is 0 Å². The summed E-state index contributed by atoms with van der Waals surface area (Å²) in [5.74, 6) is 5.35. The van der Waals surface area contributed by atoms with E-state index in [0.29, 0.717) is 6.29 Å². The van der Waals surface area contributed by atoms with Crippen LogP contribution in [0, 0.1) is 35.5 Å². The molecule has 3 saturated carbocycles. The van der Waals surface area contributed by atoms with Gasteiger partial charge in [-0.3, -0.25) is 9.59 Å². The van der Waals surface area contributed by atoms with Crippen molar-refractivity contribution in [1.29, 1.82) is 0 Å². The number of rotatable bonds is 6. The van der Waals surface area contributed by atoms with Gasteiger partial charge in [0.1, 0.15) is 6.29 Å². The van der Waals surface area contributed by atoms with Crippen molar-refractivity contribution in [2.45, 2.75) is 25.7 Å². The van der Waals surface area contributed by atoms with Gasteiger partial charge in [-0.05, 0) is 86.9 Å². The zero-order valence-corrected chi connectivity index (χ0v) is 14.2. The lowest BCUT2D eigenvalue weighted by Gasteiger charge is -2.34. The van der Waals surface area contributed by atoms with Crippen LogP contribution in [0.2, 0.25) is 0 Å². The summed E-state index contributed by atoms with van der Waals surface area (Å²) in [4.78, 5) is 20.4. The van der Waals surface area contributed by atoms with E-state index in [1.807, 2.05) is 0 Å². The van der Waals surface area contributed by atoms with Crippen molar-refractivity contribution in [1.82, 2.24) is 10.6 Å². The molecule has 4 nitrogen and oxygen atoms in total. The summed E-state index contributed by atoms with van der Waals surface area (Å²) in [5, 5.41) is 6.38. The Bertz CT molecular complexity index is 443. The molecule has 23 heavy (non-hydrogen) atoms. The molecule has 0 radical (unpaired) electrons. The lowest BCUT2D eigenvalue weighted by atomic mass is 9.73. The zero-order valence-electron chi connectivity index (χ0n) is 14.2. The first kappa shape index (κ1) is 17.9. The van der Waals surface area contributed by atoms with E-state index in [1.54, 1.807) is 0 Å². The molecule has 3 aliphatic rings. The summed E-state index contributed by atoms with van der Waals surface area (Å²) in [6, 6.07) is 0. The number of carbonyl (C=O) groups excluding carboxylic acids is 2. The highest BCUT2D eigenvalue weighted by Crippen LogP contribution is 2.62. The van der Waals surface area contributed by atoms with E-state index in [4.69, 9.17) is 4.79 Å². The van der Waals surface area contributed by atoms with Crippen LogP contribution >= 0.6 is 0 Å². The van der Waals surface area contributed by atoms with Gasteiger partial charge in [0.05, 0.1) is 0 Å². The quantitative estimate of drug-likeness (QED) is 0.583. The van der Waals surface area contributed by atoms with E-state index in [0.717, 1.165) is 42.1 Å². The SMILES string of the molecule is C=CC(=O)NCC1CC2CC1C1CCC(CNC)C21.C=CC=O. The van der Waals surface area contributed by atoms with Gasteiger partial charge in [0, 0.05) is 6.54 Å². The molecular formula is C19H30N2O2. The third-order valence-electron chi connectivity index (χ3n) is 6.08. The third kappa shape index (κ3) is 3.92. The highest BCUT2D eigenvalue weighted by atomic mass is 16.1. The number of amides is 1. The lowest BCUT2D eigenvalue weighted by Crippen LogP contribution is -2.36. The van der Waals surface area contributed by atoms with Crippen LogP contribution in [-0.2, 0) is 9.59 Å². The van der Waals surface area contributed by atoms with Gasteiger partial charge in [-0.15, -0.1) is 0 Å². The van der Waals surface area contributed by atoms with Gasteiger partial charge in [-0.25, -0.2) is 0 Å². The van der Waals surface area contributed by atoms with Crippen LogP contribution in [0.1, 0.15) is 25.7 Å².